The Bertz CT molecular complexity index is 450. The van der Waals surface area contributed by atoms with E-state index in [0.29, 0.717) is 16.5 Å². The molecule has 1 saturated carbocycles. The maximum atomic E-state index is 6.21. The van der Waals surface area contributed by atoms with Gasteiger partial charge in [-0.2, -0.15) is 0 Å². The first-order valence-electron chi connectivity index (χ1n) is 7.26. The zero-order chi connectivity index (χ0) is 14.5. The monoisotopic (exact) mass is 297 g/mol. The van der Waals surface area contributed by atoms with E-state index >= 15 is 0 Å². The van der Waals surface area contributed by atoms with Crippen LogP contribution in [0.1, 0.15) is 31.7 Å². The van der Waals surface area contributed by atoms with E-state index in [2.05, 4.69) is 12.2 Å². The fourth-order valence-corrected chi connectivity index (χ4v) is 3.31. The first-order chi connectivity index (χ1) is 9.65. The molecule has 0 bridgehead atoms. The number of benzene rings is 1. The van der Waals surface area contributed by atoms with Crippen molar-refractivity contribution in [2.24, 2.45) is 11.8 Å². The smallest absolute Gasteiger partial charge is 0.179 e. The lowest BCUT2D eigenvalue weighted by Crippen LogP contribution is -2.24. The standard InChI is InChI=1S/C16H24ClNO2/c1-11-5-4-6-13(11)10-18-9-12-7-14(17)16(20-3)15(8-12)19-2/h7-8,11,13,18H,4-6,9-10H2,1-3H3. The van der Waals surface area contributed by atoms with Crippen LogP contribution in [0.3, 0.4) is 0 Å². The Morgan fingerprint density at radius 3 is 2.65 bits per heavy atom. The van der Waals surface area contributed by atoms with Crippen LogP contribution in [-0.4, -0.2) is 20.8 Å². The van der Waals surface area contributed by atoms with Gasteiger partial charge in [0.15, 0.2) is 11.5 Å². The van der Waals surface area contributed by atoms with Gasteiger partial charge in [0.05, 0.1) is 19.2 Å². The minimum absolute atomic E-state index is 0.595. The highest BCUT2D eigenvalue weighted by Crippen LogP contribution is 2.36. The summed E-state index contributed by atoms with van der Waals surface area (Å²) in [6.45, 7) is 4.24. The van der Waals surface area contributed by atoms with Gasteiger partial charge in [0.25, 0.3) is 0 Å². The molecule has 1 aromatic carbocycles. The molecule has 112 valence electrons. The lowest BCUT2D eigenvalue weighted by atomic mass is 9.98. The lowest BCUT2D eigenvalue weighted by Gasteiger charge is -2.17. The molecular formula is C16H24ClNO2. The van der Waals surface area contributed by atoms with Crippen molar-refractivity contribution in [2.45, 2.75) is 32.7 Å². The van der Waals surface area contributed by atoms with Crippen molar-refractivity contribution in [3.05, 3.63) is 22.7 Å². The summed E-state index contributed by atoms with van der Waals surface area (Å²) in [7, 11) is 3.23. The number of methoxy groups -OCH3 is 2. The zero-order valence-corrected chi connectivity index (χ0v) is 13.3. The van der Waals surface area contributed by atoms with Crippen molar-refractivity contribution in [1.29, 1.82) is 0 Å². The van der Waals surface area contributed by atoms with Crippen LogP contribution < -0.4 is 14.8 Å². The highest BCUT2D eigenvalue weighted by molar-refractivity contribution is 6.32. The van der Waals surface area contributed by atoms with Gasteiger partial charge in [-0.25, -0.2) is 0 Å². The third kappa shape index (κ3) is 3.58. The predicted molar refractivity (Wildman–Crippen MR) is 82.8 cm³/mol. The molecule has 0 aromatic heterocycles. The van der Waals surface area contributed by atoms with Gasteiger partial charge in [-0.1, -0.05) is 31.4 Å². The molecule has 1 aliphatic carbocycles. The molecule has 4 heteroatoms. The summed E-state index contributed by atoms with van der Waals surface area (Å²) in [5.74, 6) is 2.94. The molecule has 1 aromatic rings. The third-order valence-electron chi connectivity index (χ3n) is 4.27. The number of nitrogens with one attached hydrogen (secondary N) is 1. The normalized spacial score (nSPS) is 22.0. The summed E-state index contributed by atoms with van der Waals surface area (Å²) in [5, 5.41) is 4.13. The topological polar surface area (TPSA) is 30.5 Å². The van der Waals surface area contributed by atoms with Crippen molar-refractivity contribution in [3.63, 3.8) is 0 Å². The van der Waals surface area contributed by atoms with Crippen LogP contribution in [0.5, 0.6) is 11.5 Å². The first-order valence-corrected chi connectivity index (χ1v) is 7.64. The second-order valence-electron chi connectivity index (χ2n) is 5.61. The Kier molecular flexibility index (Phi) is 5.55. The van der Waals surface area contributed by atoms with Crippen LogP contribution in [0.4, 0.5) is 0 Å². The first kappa shape index (κ1) is 15.5. The Labute approximate surface area is 126 Å². The van der Waals surface area contributed by atoms with E-state index in [1.807, 2.05) is 12.1 Å². The molecule has 0 aliphatic heterocycles. The fourth-order valence-electron chi connectivity index (χ4n) is 3.00. The van der Waals surface area contributed by atoms with Gasteiger partial charge in [-0.15, -0.1) is 0 Å². The Morgan fingerprint density at radius 1 is 1.25 bits per heavy atom. The third-order valence-corrected chi connectivity index (χ3v) is 4.55. The summed E-state index contributed by atoms with van der Waals surface area (Å²) in [4.78, 5) is 0. The maximum absolute atomic E-state index is 6.21. The molecule has 0 amide bonds. The van der Waals surface area contributed by atoms with Crippen molar-refractivity contribution >= 4 is 11.6 Å². The lowest BCUT2D eigenvalue weighted by molar-refractivity contribution is 0.354. The molecule has 0 saturated heterocycles. The average Bonchev–Trinajstić information content (AvgIpc) is 2.84. The van der Waals surface area contributed by atoms with Crippen LogP contribution in [0, 0.1) is 11.8 Å². The number of rotatable bonds is 6. The van der Waals surface area contributed by atoms with Gasteiger partial charge in [0.2, 0.25) is 0 Å². The molecule has 0 radical (unpaired) electrons. The van der Waals surface area contributed by atoms with Crippen LogP contribution >= 0.6 is 11.6 Å². The van der Waals surface area contributed by atoms with Gasteiger partial charge in [0.1, 0.15) is 0 Å². The fraction of sp³-hybridized carbons (Fsp3) is 0.625. The maximum Gasteiger partial charge on any atom is 0.179 e. The number of hydrogen-bond donors (Lipinski definition) is 1. The second kappa shape index (κ2) is 7.19. The Balaban J connectivity index is 1.94. The summed E-state index contributed by atoms with van der Waals surface area (Å²) < 4.78 is 10.6. The van der Waals surface area contributed by atoms with E-state index < -0.39 is 0 Å². The second-order valence-corrected chi connectivity index (χ2v) is 6.02. The van der Waals surface area contributed by atoms with Crippen LogP contribution in [0.15, 0.2) is 12.1 Å². The molecule has 2 atom stereocenters. The van der Waals surface area contributed by atoms with E-state index in [1.165, 1.54) is 19.3 Å². The highest BCUT2D eigenvalue weighted by Gasteiger charge is 2.22. The van der Waals surface area contributed by atoms with Crippen LogP contribution in [-0.2, 0) is 6.54 Å². The molecule has 1 fully saturated rings. The molecule has 1 N–H and O–H groups in total. The van der Waals surface area contributed by atoms with Gasteiger partial charge in [-0.3, -0.25) is 0 Å². The van der Waals surface area contributed by atoms with Gasteiger partial charge < -0.3 is 14.8 Å². The molecule has 2 rings (SSSR count). The quantitative estimate of drug-likeness (QED) is 0.864. The van der Waals surface area contributed by atoms with Crippen LogP contribution in [0.25, 0.3) is 0 Å². The van der Waals surface area contributed by atoms with Gasteiger partial charge >= 0.3 is 0 Å². The highest BCUT2D eigenvalue weighted by atomic mass is 35.5. The van der Waals surface area contributed by atoms with Crippen molar-refractivity contribution < 1.29 is 9.47 Å². The molecule has 3 nitrogen and oxygen atoms in total. The summed E-state index contributed by atoms with van der Waals surface area (Å²) in [6.07, 6.45) is 4.09. The Morgan fingerprint density at radius 2 is 2.05 bits per heavy atom. The van der Waals surface area contributed by atoms with Crippen molar-refractivity contribution in [2.75, 3.05) is 20.8 Å². The average molecular weight is 298 g/mol. The summed E-state index contributed by atoms with van der Waals surface area (Å²) in [5.41, 5.74) is 1.12. The predicted octanol–water partition coefficient (Wildman–Crippen LogP) is 3.88. The van der Waals surface area contributed by atoms with E-state index in [-0.39, 0.29) is 0 Å². The van der Waals surface area contributed by atoms with E-state index in [1.54, 1.807) is 14.2 Å². The van der Waals surface area contributed by atoms with E-state index in [0.717, 1.165) is 30.5 Å². The number of hydrogen-bond acceptors (Lipinski definition) is 3. The van der Waals surface area contributed by atoms with Crippen molar-refractivity contribution in [1.82, 2.24) is 5.32 Å². The number of ether oxygens (including phenoxy) is 2. The van der Waals surface area contributed by atoms with E-state index in [4.69, 9.17) is 21.1 Å². The zero-order valence-electron chi connectivity index (χ0n) is 12.5. The molecule has 0 spiro atoms. The summed E-state index contributed by atoms with van der Waals surface area (Å²) >= 11 is 6.21. The van der Waals surface area contributed by atoms with Crippen LogP contribution in [0.2, 0.25) is 5.02 Å². The van der Waals surface area contributed by atoms with Crippen molar-refractivity contribution in [3.8, 4) is 11.5 Å². The molecule has 2 unspecified atom stereocenters. The number of halogens is 1. The molecule has 1 aliphatic rings. The van der Waals surface area contributed by atoms with Gasteiger partial charge in [-0.05, 0) is 42.5 Å². The SMILES string of the molecule is COc1cc(CNCC2CCCC2C)cc(Cl)c1OC. The minimum atomic E-state index is 0.595. The molecular weight excluding hydrogens is 274 g/mol. The summed E-state index contributed by atoms with van der Waals surface area (Å²) in [6, 6.07) is 3.92. The Hall–Kier alpha value is -0.930. The van der Waals surface area contributed by atoms with Gasteiger partial charge in [0, 0.05) is 6.54 Å². The molecule has 20 heavy (non-hydrogen) atoms. The molecule has 0 heterocycles. The minimum Gasteiger partial charge on any atom is -0.493 e. The van der Waals surface area contributed by atoms with E-state index in [9.17, 15) is 0 Å². The largest absolute Gasteiger partial charge is 0.493 e.